The van der Waals surface area contributed by atoms with Crippen molar-refractivity contribution in [1.29, 1.82) is 0 Å². The number of para-hydroxylation sites is 1. The Morgan fingerprint density at radius 2 is 1.55 bits per heavy atom. The second-order valence-electron chi connectivity index (χ2n) is 4.00. The van der Waals surface area contributed by atoms with Crippen LogP contribution in [0.2, 0.25) is 0 Å². The number of nitrogens with zero attached hydrogens (tertiary/aromatic N) is 1. The molecule has 2 rings (SSSR count). The molecule has 2 aromatic rings. The van der Waals surface area contributed by atoms with Crippen LogP contribution in [0.5, 0.6) is 0 Å². The highest BCUT2D eigenvalue weighted by Gasteiger charge is 2.19. The summed E-state index contributed by atoms with van der Waals surface area (Å²) in [4.78, 5) is 31.7. The second kappa shape index (κ2) is 8.88. The topological polar surface area (TPSA) is 97.5 Å². The zero-order valence-corrected chi connectivity index (χ0v) is 13.5. The van der Waals surface area contributed by atoms with Gasteiger partial charge in [0.15, 0.2) is 5.78 Å². The van der Waals surface area contributed by atoms with E-state index < -0.39 is 10.9 Å². The van der Waals surface area contributed by atoms with Crippen LogP contribution in [0, 0.1) is 10.1 Å². The van der Waals surface area contributed by atoms with Crippen LogP contribution in [0.4, 0.5) is 5.69 Å². The van der Waals surface area contributed by atoms with Crippen LogP contribution in [0.25, 0.3) is 0 Å². The predicted molar refractivity (Wildman–Crippen MR) is 89.5 cm³/mol. The van der Waals surface area contributed by atoms with Gasteiger partial charge in [-0.3, -0.25) is 19.7 Å². The molecule has 2 aromatic carbocycles. The first kappa shape index (κ1) is 17.8. The van der Waals surface area contributed by atoms with Crippen molar-refractivity contribution >= 4 is 40.0 Å². The SMILES string of the molecule is O=C(O)CI.O=C(c1ccccc1)c1ccccc1[N+](=O)[O-]. The molecule has 0 fully saturated rings. The van der Waals surface area contributed by atoms with E-state index in [2.05, 4.69) is 0 Å². The van der Waals surface area contributed by atoms with E-state index >= 15 is 0 Å². The summed E-state index contributed by atoms with van der Waals surface area (Å²) in [5.74, 6) is -1.09. The number of hydrogen-bond acceptors (Lipinski definition) is 4. The molecule has 0 saturated carbocycles. The minimum atomic E-state index is -0.759. The zero-order valence-electron chi connectivity index (χ0n) is 11.3. The van der Waals surface area contributed by atoms with Crippen LogP contribution < -0.4 is 0 Å². The first-order valence-corrected chi connectivity index (χ1v) is 7.61. The fourth-order valence-electron chi connectivity index (χ4n) is 1.57. The Labute approximate surface area is 140 Å². The van der Waals surface area contributed by atoms with Gasteiger partial charge in [-0.15, -0.1) is 0 Å². The average Bonchev–Trinajstić information content (AvgIpc) is 2.55. The number of aliphatic carboxylic acids is 1. The van der Waals surface area contributed by atoms with Crippen LogP contribution in [0.1, 0.15) is 15.9 Å². The number of carbonyl (C=O) groups excluding carboxylic acids is 1. The van der Waals surface area contributed by atoms with E-state index in [0.717, 1.165) is 0 Å². The number of alkyl halides is 1. The van der Waals surface area contributed by atoms with Gasteiger partial charge in [-0.05, 0) is 6.07 Å². The van der Waals surface area contributed by atoms with Gasteiger partial charge in [-0.2, -0.15) is 0 Å². The lowest BCUT2D eigenvalue weighted by Gasteiger charge is -2.01. The Bertz CT molecular complexity index is 673. The van der Waals surface area contributed by atoms with Crippen LogP contribution in [0.15, 0.2) is 54.6 Å². The lowest BCUT2D eigenvalue weighted by molar-refractivity contribution is -0.385. The molecule has 0 heterocycles. The lowest BCUT2D eigenvalue weighted by Crippen LogP contribution is -2.04. The number of carboxylic acids is 1. The fourth-order valence-corrected chi connectivity index (χ4v) is 1.57. The van der Waals surface area contributed by atoms with Crippen LogP contribution >= 0.6 is 22.6 Å². The molecule has 0 unspecified atom stereocenters. The van der Waals surface area contributed by atoms with Crippen molar-refractivity contribution in [3.63, 3.8) is 0 Å². The molecule has 0 aliphatic heterocycles. The summed E-state index contributed by atoms with van der Waals surface area (Å²) in [6, 6.07) is 14.5. The molecule has 0 bridgehead atoms. The highest BCUT2D eigenvalue weighted by Crippen LogP contribution is 2.20. The lowest BCUT2D eigenvalue weighted by atomic mass is 10.0. The molecule has 1 N–H and O–H groups in total. The summed E-state index contributed by atoms with van der Waals surface area (Å²) in [6.45, 7) is 0. The highest BCUT2D eigenvalue weighted by molar-refractivity contribution is 14.1. The van der Waals surface area contributed by atoms with Gasteiger partial charge in [-0.25, -0.2) is 0 Å². The summed E-state index contributed by atoms with van der Waals surface area (Å²) in [5, 5.41) is 18.5. The Balaban J connectivity index is 0.000000422. The minimum Gasteiger partial charge on any atom is -0.481 e. The number of ketones is 1. The number of carboxylic acid groups (broad SMARTS) is 1. The number of nitro benzene ring substituents is 1. The Morgan fingerprint density at radius 1 is 1.05 bits per heavy atom. The van der Waals surface area contributed by atoms with E-state index in [1.54, 1.807) is 65.1 Å². The van der Waals surface area contributed by atoms with E-state index in [4.69, 9.17) is 5.11 Å². The molecule has 0 atom stereocenters. The molecule has 0 amide bonds. The second-order valence-corrected chi connectivity index (χ2v) is 4.76. The third kappa shape index (κ3) is 5.24. The molecule has 0 spiro atoms. The normalized spacial score (nSPS) is 9.32. The number of carbonyl (C=O) groups is 2. The Kier molecular flexibility index (Phi) is 7.17. The van der Waals surface area contributed by atoms with Crippen molar-refractivity contribution in [1.82, 2.24) is 0 Å². The zero-order chi connectivity index (χ0) is 16.5. The maximum absolute atomic E-state index is 12.1. The molecule has 22 heavy (non-hydrogen) atoms. The monoisotopic (exact) mass is 413 g/mol. The van der Waals surface area contributed by atoms with E-state index in [1.165, 1.54) is 12.1 Å². The molecule has 0 aliphatic carbocycles. The molecular weight excluding hydrogens is 401 g/mol. The number of hydrogen-bond donors (Lipinski definition) is 1. The van der Waals surface area contributed by atoms with E-state index in [-0.39, 0.29) is 21.5 Å². The quantitative estimate of drug-likeness (QED) is 0.273. The van der Waals surface area contributed by atoms with Crippen molar-refractivity contribution in [2.24, 2.45) is 0 Å². The van der Waals surface area contributed by atoms with Crippen molar-refractivity contribution < 1.29 is 19.6 Å². The van der Waals surface area contributed by atoms with Gasteiger partial charge in [0, 0.05) is 11.6 Å². The van der Waals surface area contributed by atoms with Crippen LogP contribution in [-0.4, -0.2) is 26.2 Å². The van der Waals surface area contributed by atoms with E-state index in [1.807, 2.05) is 0 Å². The average molecular weight is 413 g/mol. The van der Waals surface area contributed by atoms with Gasteiger partial charge in [0.2, 0.25) is 0 Å². The summed E-state index contributed by atoms with van der Waals surface area (Å²) in [6.07, 6.45) is 0. The van der Waals surface area contributed by atoms with Gasteiger partial charge < -0.3 is 5.11 Å². The molecule has 0 aromatic heterocycles. The van der Waals surface area contributed by atoms with Gasteiger partial charge in [0.25, 0.3) is 5.69 Å². The number of rotatable bonds is 4. The number of nitro groups is 1. The molecule has 114 valence electrons. The van der Waals surface area contributed by atoms with Crippen molar-refractivity contribution in [2.45, 2.75) is 0 Å². The fraction of sp³-hybridized carbons (Fsp3) is 0.0667. The van der Waals surface area contributed by atoms with Gasteiger partial charge in [-0.1, -0.05) is 65.1 Å². The third-order valence-electron chi connectivity index (χ3n) is 2.50. The summed E-state index contributed by atoms with van der Waals surface area (Å²) in [7, 11) is 0. The van der Waals surface area contributed by atoms with Crippen molar-refractivity contribution in [3.8, 4) is 0 Å². The van der Waals surface area contributed by atoms with E-state index in [0.29, 0.717) is 5.56 Å². The van der Waals surface area contributed by atoms with Crippen molar-refractivity contribution in [2.75, 3.05) is 4.43 Å². The van der Waals surface area contributed by atoms with Crippen LogP contribution in [-0.2, 0) is 4.79 Å². The molecule has 7 heteroatoms. The maximum atomic E-state index is 12.1. The smallest absolute Gasteiger partial charge is 0.313 e. The Morgan fingerprint density at radius 3 is 2.05 bits per heavy atom. The van der Waals surface area contributed by atoms with Gasteiger partial charge >= 0.3 is 5.97 Å². The number of halogens is 1. The summed E-state index contributed by atoms with van der Waals surface area (Å²) < 4.78 is 0.192. The molecule has 0 aliphatic rings. The molecular formula is C15H12INO5. The largest absolute Gasteiger partial charge is 0.481 e. The van der Waals surface area contributed by atoms with Crippen molar-refractivity contribution in [3.05, 3.63) is 75.8 Å². The standard InChI is InChI=1S/C13H9NO3.C2H3IO2/c15-13(10-6-2-1-3-7-10)11-8-4-5-9-12(11)14(16)17;3-1-2(4)5/h1-9H;1H2,(H,4,5). The Hall–Kier alpha value is -2.29. The maximum Gasteiger partial charge on any atom is 0.313 e. The summed E-state index contributed by atoms with van der Waals surface area (Å²) in [5.41, 5.74) is 0.395. The predicted octanol–water partition coefficient (Wildman–Crippen LogP) is 3.33. The first-order chi connectivity index (χ1) is 10.5. The van der Waals surface area contributed by atoms with E-state index in [9.17, 15) is 19.7 Å². The third-order valence-corrected chi connectivity index (χ3v) is 3.15. The van der Waals surface area contributed by atoms with Gasteiger partial charge in [0.05, 0.1) is 9.35 Å². The minimum absolute atomic E-state index is 0.115. The highest BCUT2D eigenvalue weighted by atomic mass is 127. The summed E-state index contributed by atoms with van der Waals surface area (Å²) >= 11 is 1.78. The molecule has 6 nitrogen and oxygen atoms in total. The van der Waals surface area contributed by atoms with Gasteiger partial charge in [0.1, 0.15) is 5.56 Å². The molecule has 0 radical (unpaired) electrons. The number of benzene rings is 2. The van der Waals surface area contributed by atoms with Crippen LogP contribution in [0.3, 0.4) is 0 Å². The molecule has 0 saturated heterocycles. The first-order valence-electron chi connectivity index (χ1n) is 6.08.